The predicted molar refractivity (Wildman–Crippen MR) is 81.4 cm³/mol. The van der Waals surface area contributed by atoms with Gasteiger partial charge in [-0.3, -0.25) is 0 Å². The molecular weight excluding hydrogens is 347 g/mol. The molecule has 0 aromatic heterocycles. The fraction of sp³-hybridized carbons (Fsp3) is 0.0588. The van der Waals surface area contributed by atoms with E-state index in [-0.39, 0.29) is 21.7 Å². The van der Waals surface area contributed by atoms with Crippen LogP contribution in [0, 0.1) is 64.2 Å². The molecule has 0 saturated heterocycles. The molecule has 2 aliphatic carbocycles. The van der Waals surface area contributed by atoms with Crippen molar-refractivity contribution in [3.63, 3.8) is 0 Å². The minimum atomic E-state index is 0. The van der Waals surface area contributed by atoms with E-state index < -0.39 is 0 Å². The van der Waals surface area contributed by atoms with Crippen LogP contribution >= 0.6 is 0 Å². The molecule has 0 unspecified atom stereocenters. The van der Waals surface area contributed by atoms with Crippen molar-refractivity contribution in [2.45, 2.75) is 0 Å². The van der Waals surface area contributed by atoms with Crippen molar-refractivity contribution < 1.29 is 26.5 Å². The van der Waals surface area contributed by atoms with E-state index in [0.29, 0.717) is 0 Å². The van der Waals surface area contributed by atoms with Crippen LogP contribution in [0.2, 0.25) is 0 Å². The van der Waals surface area contributed by atoms with E-state index in [9.17, 15) is 0 Å². The predicted octanol–water partition coefficient (Wildman–Crippen LogP) is 2.53. The van der Waals surface area contributed by atoms with Crippen molar-refractivity contribution >= 4 is 20.5 Å². The number of rotatable bonds is 1. The fourth-order valence-electron chi connectivity index (χ4n) is 1.22. The molecule has 0 aliphatic heterocycles. The minimum absolute atomic E-state index is 0. The van der Waals surface area contributed by atoms with Gasteiger partial charge in [-0.05, 0) is 64.2 Å². The van der Waals surface area contributed by atoms with Crippen LogP contribution in [0.1, 0.15) is 0 Å². The molecule has 0 spiro atoms. The van der Waals surface area contributed by atoms with Gasteiger partial charge in [-0.1, -0.05) is 0 Å². The summed E-state index contributed by atoms with van der Waals surface area (Å²) in [5.74, 6) is 0.897. The molecule has 20 heavy (non-hydrogen) atoms. The maximum absolute atomic E-state index is 4.96. The summed E-state index contributed by atoms with van der Waals surface area (Å²) in [4.78, 5) is 0. The Morgan fingerprint density at radius 1 is 0.650 bits per heavy atom. The van der Waals surface area contributed by atoms with Crippen molar-refractivity contribution in [1.29, 1.82) is 0 Å². The first-order valence-corrected chi connectivity index (χ1v) is 6.83. The molecule has 0 bridgehead atoms. The molecule has 2 fully saturated rings. The van der Waals surface area contributed by atoms with Crippen LogP contribution in [0.15, 0.2) is 24.3 Å². The standard InChI is InChI=1S/C7H7OSe.2C5H5.Ti/c1-8-6-2-4-7(9)5-3-6;2*1-2-4-5-3-1;/h2-5H,1H3;2*1-5H;/q;;;+2. The Morgan fingerprint density at radius 2 is 0.950 bits per heavy atom. The zero-order chi connectivity index (χ0) is 13.8. The third-order valence-corrected chi connectivity index (χ3v) is 2.74. The van der Waals surface area contributed by atoms with Crippen LogP contribution < -0.4 is 9.20 Å². The van der Waals surface area contributed by atoms with Gasteiger partial charge in [0.1, 0.15) is 0 Å². The third-order valence-electron chi connectivity index (χ3n) is 2.17. The number of benzene rings is 1. The minimum Gasteiger partial charge on any atom is -0.0312 e. The summed E-state index contributed by atoms with van der Waals surface area (Å²) < 4.78 is 6.09. The Morgan fingerprint density at radius 3 is 1.20 bits per heavy atom. The summed E-state index contributed by atoms with van der Waals surface area (Å²) in [6, 6.07) is 7.79. The molecule has 0 N–H and O–H groups in total. The zero-order valence-corrected chi connectivity index (χ0v) is 14.7. The van der Waals surface area contributed by atoms with Crippen molar-refractivity contribution in [2.75, 3.05) is 7.11 Å². The van der Waals surface area contributed by atoms with Crippen molar-refractivity contribution in [3.8, 4) is 5.75 Å². The van der Waals surface area contributed by atoms with Gasteiger partial charge in [0.2, 0.25) is 0 Å². The first-order chi connectivity index (χ1) is 9.33. The zero-order valence-electron chi connectivity index (χ0n) is 11.4. The molecule has 2 saturated carbocycles. The van der Waals surface area contributed by atoms with Crippen LogP contribution in [0.5, 0.6) is 5.75 Å². The van der Waals surface area contributed by atoms with E-state index in [1.807, 2.05) is 88.5 Å². The van der Waals surface area contributed by atoms with Gasteiger partial charge in [-0.2, -0.15) is 0 Å². The largest absolute Gasteiger partial charge is 2.00 e. The first-order valence-electron chi connectivity index (χ1n) is 5.97. The fourth-order valence-corrected chi connectivity index (χ4v) is 1.50. The van der Waals surface area contributed by atoms with Crippen LogP contribution in [-0.2, 0) is 21.7 Å². The van der Waals surface area contributed by atoms with Gasteiger partial charge in [0.15, 0.2) is 0 Å². The average molecular weight is 364 g/mol. The summed E-state index contributed by atoms with van der Waals surface area (Å²) in [5, 5.41) is 0. The van der Waals surface area contributed by atoms with Gasteiger partial charge in [0.05, 0.1) is 0 Å². The van der Waals surface area contributed by atoms with Gasteiger partial charge >= 0.3 is 84.1 Å². The van der Waals surface area contributed by atoms with Crippen molar-refractivity contribution in [1.82, 2.24) is 0 Å². The van der Waals surface area contributed by atoms with E-state index in [0.717, 1.165) is 10.2 Å². The van der Waals surface area contributed by atoms with Crippen LogP contribution in [0.3, 0.4) is 0 Å². The Hall–Kier alpha value is 0.254. The Balaban J connectivity index is 0.000000282. The number of ether oxygens (including phenoxy) is 1. The monoisotopic (exact) mass is 365 g/mol. The van der Waals surface area contributed by atoms with Gasteiger partial charge in [0.25, 0.3) is 0 Å². The second-order valence-electron chi connectivity index (χ2n) is 3.60. The molecule has 1 nitrogen and oxygen atoms in total. The molecule has 1 aromatic rings. The molecule has 3 rings (SSSR count). The summed E-state index contributed by atoms with van der Waals surface area (Å²) in [6.45, 7) is 0. The maximum atomic E-state index is 4.96. The quantitative estimate of drug-likeness (QED) is 0.696. The van der Waals surface area contributed by atoms with E-state index in [2.05, 4.69) is 16.0 Å². The Bertz CT molecular complexity index is 280. The topological polar surface area (TPSA) is 9.23 Å². The normalized spacial score (nSPS) is 16.1. The van der Waals surface area contributed by atoms with Crippen LogP contribution in [0.25, 0.3) is 0 Å². The number of hydrogen-bond acceptors (Lipinski definition) is 1. The van der Waals surface area contributed by atoms with E-state index in [1.165, 1.54) is 0 Å². The third kappa shape index (κ3) is 11.0. The summed E-state index contributed by atoms with van der Waals surface area (Å²) in [7, 11) is 1.66. The van der Waals surface area contributed by atoms with Gasteiger partial charge < -0.3 is 0 Å². The second kappa shape index (κ2) is 14.2. The molecule has 11 radical (unpaired) electrons. The average Bonchev–Trinajstić information content (AvgIpc) is 3.18. The molecule has 0 amide bonds. The molecular formula is C17H17OSeTi+2. The Labute approximate surface area is 148 Å². The van der Waals surface area contributed by atoms with E-state index in [4.69, 9.17) is 4.74 Å². The van der Waals surface area contributed by atoms with E-state index >= 15 is 0 Å². The summed E-state index contributed by atoms with van der Waals surface area (Å²) in [6.07, 6.45) is 20.0. The molecule has 0 atom stereocenters. The van der Waals surface area contributed by atoms with Crippen molar-refractivity contribution in [2.24, 2.45) is 0 Å². The summed E-state index contributed by atoms with van der Waals surface area (Å²) >= 11 is 2.90. The smallest absolute Gasteiger partial charge is 0.0312 e. The number of methoxy groups -OCH3 is 1. The van der Waals surface area contributed by atoms with Gasteiger partial charge in [0, 0.05) is 0 Å². The maximum Gasteiger partial charge on any atom is 2.00 e. The Kier molecular flexibility index (Phi) is 14.4. The molecule has 2 aliphatic rings. The molecule has 0 heterocycles. The molecule has 1 aromatic carbocycles. The first kappa shape index (κ1) is 20.3. The van der Waals surface area contributed by atoms with Gasteiger partial charge in [-0.15, -0.1) is 0 Å². The number of hydrogen-bond donors (Lipinski definition) is 0. The SMILES string of the molecule is COc1ccc([Se])cc1.[CH]1[CH][CH][CH][CH]1.[CH]1[CH][CH][CH][CH]1.[Ti+2]. The molecule has 3 heteroatoms. The summed E-state index contributed by atoms with van der Waals surface area (Å²) in [5.41, 5.74) is 0. The van der Waals surface area contributed by atoms with Gasteiger partial charge in [-0.25, -0.2) is 0 Å². The van der Waals surface area contributed by atoms with Crippen LogP contribution in [0.4, 0.5) is 0 Å². The van der Waals surface area contributed by atoms with Crippen molar-refractivity contribution in [3.05, 3.63) is 88.5 Å². The second-order valence-corrected chi connectivity index (χ2v) is 4.59. The van der Waals surface area contributed by atoms with E-state index in [1.54, 1.807) is 7.11 Å². The van der Waals surface area contributed by atoms with Crippen LogP contribution in [-0.4, -0.2) is 23.1 Å². The molecule has 99 valence electrons.